The van der Waals surface area contributed by atoms with Gasteiger partial charge in [0, 0.05) is 23.2 Å². The molecule has 0 radical (unpaired) electrons. The molecule has 280 valence electrons. The lowest BCUT2D eigenvalue weighted by Gasteiger charge is -2.09. The van der Waals surface area contributed by atoms with E-state index in [9.17, 15) is 19.8 Å². The van der Waals surface area contributed by atoms with Crippen LogP contribution in [-0.4, -0.2) is 46.2 Å². The van der Waals surface area contributed by atoms with Crippen molar-refractivity contribution in [2.45, 2.75) is 6.42 Å². The van der Waals surface area contributed by atoms with Gasteiger partial charge in [-0.15, -0.1) is 22.7 Å². The molecule has 0 amide bonds. The Morgan fingerprint density at radius 3 is 1.53 bits per heavy atom. The van der Waals surface area contributed by atoms with Gasteiger partial charge in [0.15, 0.2) is 23.0 Å². The Bertz CT molecular complexity index is 2900. The summed E-state index contributed by atoms with van der Waals surface area (Å²) in [7, 11) is 0. The van der Waals surface area contributed by atoms with Crippen LogP contribution in [0.3, 0.4) is 0 Å². The molecule has 4 aromatic heterocycles. The molecule has 0 bridgehead atoms. The van der Waals surface area contributed by atoms with E-state index in [0.29, 0.717) is 50.5 Å². The van der Waals surface area contributed by atoms with Crippen LogP contribution in [-0.2, 0) is 6.42 Å². The molecule has 0 unspecified atom stereocenters. The van der Waals surface area contributed by atoms with Crippen molar-refractivity contribution in [2.75, 3.05) is 13.6 Å². The van der Waals surface area contributed by atoms with Crippen molar-refractivity contribution in [1.82, 2.24) is 9.97 Å². The molecule has 0 saturated heterocycles. The maximum absolute atomic E-state index is 13.1. The highest BCUT2D eigenvalue weighted by molar-refractivity contribution is 7.14. The van der Waals surface area contributed by atoms with Gasteiger partial charge in [-0.1, -0.05) is 12.1 Å². The Morgan fingerprint density at radius 1 is 0.596 bits per heavy atom. The molecule has 2 aliphatic heterocycles. The molecule has 0 spiro atoms. The van der Waals surface area contributed by atoms with Gasteiger partial charge >= 0.3 is 11.3 Å². The zero-order valence-corrected chi connectivity index (χ0v) is 30.8. The second-order valence-corrected chi connectivity index (χ2v) is 14.5. The van der Waals surface area contributed by atoms with Crippen molar-refractivity contribution in [3.8, 4) is 57.0 Å². The lowest BCUT2D eigenvalue weighted by atomic mass is 10.00. The monoisotopic (exact) mass is 796 g/mol. The Kier molecular flexibility index (Phi) is 8.27. The molecule has 10 rings (SSSR count). The van der Waals surface area contributed by atoms with E-state index in [1.54, 1.807) is 83.9 Å². The number of hydrogen-bond donors (Lipinski definition) is 2. The summed E-state index contributed by atoms with van der Waals surface area (Å²) in [5.74, 6) is 2.03. The maximum atomic E-state index is 13.1. The van der Waals surface area contributed by atoms with Crippen molar-refractivity contribution >= 4 is 67.3 Å². The average molecular weight is 797 g/mol. The van der Waals surface area contributed by atoms with E-state index in [0.717, 1.165) is 22.3 Å². The first-order valence-corrected chi connectivity index (χ1v) is 19.0. The molecule has 57 heavy (non-hydrogen) atoms. The number of rotatable bonds is 8. The summed E-state index contributed by atoms with van der Waals surface area (Å²) in [4.78, 5) is 43.9. The summed E-state index contributed by atoms with van der Waals surface area (Å²) in [6.45, 7) is 0.333. The lowest BCUT2D eigenvalue weighted by molar-refractivity contribution is 0.173. The highest BCUT2D eigenvalue weighted by atomic mass is 32.1. The van der Waals surface area contributed by atoms with Gasteiger partial charge in [-0.25, -0.2) is 29.5 Å². The number of aromatic nitrogens is 2. The van der Waals surface area contributed by atoms with Crippen molar-refractivity contribution in [3.63, 3.8) is 0 Å². The Balaban J connectivity index is 0.908. The fourth-order valence-electron chi connectivity index (χ4n) is 6.50. The molecular formula is C41H24N4O10S2. The zero-order chi connectivity index (χ0) is 38.6. The molecule has 2 aliphatic rings. The third kappa shape index (κ3) is 6.41. The van der Waals surface area contributed by atoms with Crippen LogP contribution in [0.15, 0.2) is 112 Å². The second kappa shape index (κ2) is 13.8. The van der Waals surface area contributed by atoms with Crippen molar-refractivity contribution < 1.29 is 38.0 Å². The first kappa shape index (κ1) is 34.2. The molecule has 0 fully saturated rings. The number of benzene rings is 4. The molecule has 6 heterocycles. The Hall–Kier alpha value is -7.30. The summed E-state index contributed by atoms with van der Waals surface area (Å²) in [6, 6.07) is 21.1. The smallest absolute Gasteiger partial charge is 0.349 e. The predicted octanol–water partition coefficient (Wildman–Crippen LogP) is 8.11. The van der Waals surface area contributed by atoms with Crippen LogP contribution in [0.4, 0.5) is 10.3 Å². The predicted molar refractivity (Wildman–Crippen MR) is 213 cm³/mol. The standard InChI is InChI=1S/C41H24N4O10S2/c46-36-24-10-20(1-5-28(24)54-38(48)34(36)26-16-56-40(44-26)42-14-22-3-7-30-32(12-22)52-18-50-30)9-21-2-6-29-25(11-21)37(47)35(39(49)55-29)27-17-57-41(45-27)43-15-23-4-8-31-33(13-23)53-19-51-31/h1-8,10-17,46-47H,9,18-19H2/b42-14+,43-15+. The van der Waals surface area contributed by atoms with Crippen LogP contribution in [0.25, 0.3) is 44.5 Å². The van der Waals surface area contributed by atoms with Gasteiger partial charge < -0.3 is 38.0 Å². The molecule has 0 atom stereocenters. The van der Waals surface area contributed by atoms with Crippen molar-refractivity contribution in [3.05, 3.63) is 127 Å². The summed E-state index contributed by atoms with van der Waals surface area (Å²) in [5.41, 5.74) is 2.30. The highest BCUT2D eigenvalue weighted by Crippen LogP contribution is 2.39. The minimum atomic E-state index is -0.740. The largest absolute Gasteiger partial charge is 0.506 e. The van der Waals surface area contributed by atoms with Crippen molar-refractivity contribution in [2.24, 2.45) is 9.98 Å². The van der Waals surface area contributed by atoms with Gasteiger partial charge in [-0.05, 0) is 89.3 Å². The Labute approximate surface area is 327 Å². The molecular weight excluding hydrogens is 773 g/mol. The van der Waals surface area contributed by atoms with Gasteiger partial charge in [-0.2, -0.15) is 0 Å². The van der Waals surface area contributed by atoms with Gasteiger partial charge in [0.1, 0.15) is 33.8 Å². The van der Waals surface area contributed by atoms with E-state index < -0.39 is 11.3 Å². The van der Waals surface area contributed by atoms with E-state index in [2.05, 4.69) is 20.0 Å². The van der Waals surface area contributed by atoms with E-state index >= 15 is 0 Å². The highest BCUT2D eigenvalue weighted by Gasteiger charge is 2.22. The lowest BCUT2D eigenvalue weighted by Crippen LogP contribution is -2.04. The quantitative estimate of drug-likeness (QED) is 0.111. The van der Waals surface area contributed by atoms with Gasteiger partial charge in [-0.3, -0.25) is 0 Å². The molecule has 2 N–H and O–H groups in total. The molecule has 0 aliphatic carbocycles. The minimum Gasteiger partial charge on any atom is -0.506 e. The van der Waals surface area contributed by atoms with Crippen LogP contribution in [0, 0.1) is 0 Å². The second-order valence-electron chi connectivity index (χ2n) is 12.8. The van der Waals surface area contributed by atoms with Crippen LogP contribution in [0.2, 0.25) is 0 Å². The van der Waals surface area contributed by atoms with Crippen LogP contribution < -0.4 is 30.2 Å². The third-order valence-electron chi connectivity index (χ3n) is 9.23. The number of aromatic hydroxyl groups is 2. The number of thiazole rings is 2. The summed E-state index contributed by atoms with van der Waals surface area (Å²) in [6.07, 6.45) is 3.60. The number of ether oxygens (including phenoxy) is 4. The van der Waals surface area contributed by atoms with Gasteiger partial charge in [0.05, 0.1) is 22.2 Å². The summed E-state index contributed by atoms with van der Waals surface area (Å²) in [5, 5.41) is 27.4. The van der Waals surface area contributed by atoms with Gasteiger partial charge in [0.2, 0.25) is 23.8 Å². The topological polar surface area (TPSA) is 188 Å². The van der Waals surface area contributed by atoms with E-state index in [4.69, 9.17) is 27.8 Å². The SMILES string of the molecule is O=c1oc2ccc(Cc3ccc4oc(=O)c(-c5csc(/N=C/c6ccc7c(c6)OCO7)n5)c(O)c4c3)cc2c(O)c1-c1csc(/N=C/c2ccc3c(c2)OCO3)n1. The normalized spacial score (nSPS) is 13.2. The number of nitrogens with zero attached hydrogens (tertiary/aromatic N) is 4. The van der Waals surface area contributed by atoms with Crippen LogP contribution in [0.5, 0.6) is 34.5 Å². The van der Waals surface area contributed by atoms with Crippen LogP contribution >= 0.6 is 22.7 Å². The summed E-state index contributed by atoms with van der Waals surface area (Å²) < 4.78 is 32.7. The fourth-order valence-corrected chi connectivity index (χ4v) is 7.80. The number of hydrogen-bond acceptors (Lipinski definition) is 16. The average Bonchev–Trinajstić information content (AvgIpc) is 4.05. The first-order valence-electron chi connectivity index (χ1n) is 17.2. The number of fused-ring (bicyclic) bond motifs is 4. The molecule has 8 aromatic rings. The van der Waals surface area contributed by atoms with E-state index in [1.807, 2.05) is 12.1 Å². The van der Waals surface area contributed by atoms with Gasteiger partial charge in [0.25, 0.3) is 0 Å². The Morgan fingerprint density at radius 2 is 1.05 bits per heavy atom. The van der Waals surface area contributed by atoms with E-state index in [1.165, 1.54) is 22.7 Å². The molecule has 0 saturated carbocycles. The van der Waals surface area contributed by atoms with Crippen LogP contribution in [0.1, 0.15) is 22.3 Å². The third-order valence-corrected chi connectivity index (χ3v) is 10.7. The fraction of sp³-hybridized carbons (Fsp3) is 0.0732. The molecule has 16 heteroatoms. The number of aliphatic imine (C=N–C) groups is 2. The molecule has 14 nitrogen and oxygen atoms in total. The summed E-state index contributed by atoms with van der Waals surface area (Å²) >= 11 is 2.41. The van der Waals surface area contributed by atoms with Crippen molar-refractivity contribution in [1.29, 1.82) is 0 Å². The van der Waals surface area contributed by atoms with E-state index in [-0.39, 0.29) is 58.8 Å². The first-order chi connectivity index (χ1) is 27.8. The zero-order valence-electron chi connectivity index (χ0n) is 29.1. The molecule has 4 aromatic carbocycles. The minimum absolute atomic E-state index is 0.0811. The maximum Gasteiger partial charge on any atom is 0.349 e.